The number of para-hydroxylation sites is 4. The van der Waals surface area contributed by atoms with Crippen LogP contribution in [0.1, 0.15) is 27.7 Å². The zero-order chi connectivity index (χ0) is 36.2. The van der Waals surface area contributed by atoms with Crippen LogP contribution in [0.25, 0.3) is 11.1 Å². The molecule has 50 heavy (non-hydrogen) atoms. The van der Waals surface area contributed by atoms with Crippen molar-refractivity contribution >= 4 is 69.3 Å². The van der Waals surface area contributed by atoms with E-state index in [1.807, 2.05) is 13.8 Å². The molecule has 2 unspecified atom stereocenters. The summed E-state index contributed by atoms with van der Waals surface area (Å²) in [6, 6.07) is 20.7. The van der Waals surface area contributed by atoms with Crippen molar-refractivity contribution in [3.05, 3.63) is 95.0 Å². The summed E-state index contributed by atoms with van der Waals surface area (Å²) in [6.45, 7) is 6.91. The van der Waals surface area contributed by atoms with Crippen LogP contribution >= 0.6 is 23.2 Å². The molecular formula is C36H34Cl2N6O6. The molecule has 12 nitrogen and oxygen atoms in total. The van der Waals surface area contributed by atoms with Gasteiger partial charge >= 0.3 is 0 Å². The predicted octanol–water partition coefficient (Wildman–Crippen LogP) is 8.82. The number of benzene rings is 4. The first-order valence-corrected chi connectivity index (χ1v) is 16.2. The van der Waals surface area contributed by atoms with Crippen LogP contribution in [0.5, 0.6) is 11.5 Å². The number of anilines is 2. The molecule has 0 saturated carbocycles. The van der Waals surface area contributed by atoms with Gasteiger partial charge in [0.05, 0.1) is 34.6 Å². The standard InChI is InChI=1S/C36H34Cl2N6O6/c1-5-49-31-13-9-7-11-29(31)39-35(47)33(21(3)45)43-41-27-17-15-23(19-25(27)37)24-16-18-28(26(38)20-24)42-44-34(22(4)46)36(48)40-30-12-8-10-14-32(30)50-6-2/h7-20,33-34H,5-6H2,1-4H3,(H,39,47)(H,40,48). The Morgan fingerprint density at radius 3 is 1.34 bits per heavy atom. The highest BCUT2D eigenvalue weighted by Gasteiger charge is 2.25. The number of azo groups is 2. The highest BCUT2D eigenvalue weighted by Crippen LogP contribution is 2.35. The number of nitrogens with zero attached hydrogens (tertiary/aromatic N) is 4. The van der Waals surface area contributed by atoms with Crippen molar-refractivity contribution in [3.8, 4) is 22.6 Å². The summed E-state index contributed by atoms with van der Waals surface area (Å²) in [5.41, 5.74) is 2.61. The van der Waals surface area contributed by atoms with E-state index in [0.717, 1.165) is 0 Å². The molecule has 4 rings (SSSR count). The normalized spacial score (nSPS) is 12.4. The quantitative estimate of drug-likeness (QED) is 0.0923. The minimum absolute atomic E-state index is 0.205. The molecule has 0 radical (unpaired) electrons. The third-order valence-corrected chi connectivity index (χ3v) is 7.55. The lowest BCUT2D eigenvalue weighted by Gasteiger charge is -2.13. The fraction of sp³-hybridized carbons (Fsp3) is 0.222. The summed E-state index contributed by atoms with van der Waals surface area (Å²) < 4.78 is 11.1. The van der Waals surface area contributed by atoms with Crippen LogP contribution in [0.2, 0.25) is 10.0 Å². The molecule has 0 saturated heterocycles. The zero-order valence-electron chi connectivity index (χ0n) is 27.6. The molecule has 2 N–H and O–H groups in total. The molecule has 2 amide bonds. The monoisotopic (exact) mass is 716 g/mol. The van der Waals surface area contributed by atoms with Crippen molar-refractivity contribution in [2.75, 3.05) is 23.8 Å². The first kappa shape index (κ1) is 37.4. The smallest absolute Gasteiger partial charge is 0.258 e. The van der Waals surface area contributed by atoms with Crippen LogP contribution in [0.15, 0.2) is 105 Å². The molecule has 0 fully saturated rings. The number of ether oxygens (including phenoxy) is 2. The van der Waals surface area contributed by atoms with E-state index >= 15 is 0 Å². The van der Waals surface area contributed by atoms with Crippen molar-refractivity contribution < 1.29 is 28.7 Å². The third-order valence-electron chi connectivity index (χ3n) is 6.95. The van der Waals surface area contributed by atoms with Gasteiger partial charge in [-0.05, 0) is 87.4 Å². The van der Waals surface area contributed by atoms with E-state index in [9.17, 15) is 19.2 Å². The molecule has 0 aliphatic rings. The van der Waals surface area contributed by atoms with E-state index in [1.165, 1.54) is 13.8 Å². The maximum Gasteiger partial charge on any atom is 0.258 e. The molecule has 4 aromatic carbocycles. The minimum atomic E-state index is -1.42. The van der Waals surface area contributed by atoms with Gasteiger partial charge in [-0.25, -0.2) is 0 Å². The van der Waals surface area contributed by atoms with E-state index < -0.39 is 35.5 Å². The Hall–Kier alpha value is -5.46. The van der Waals surface area contributed by atoms with Crippen molar-refractivity contribution in [3.63, 3.8) is 0 Å². The van der Waals surface area contributed by atoms with E-state index in [0.29, 0.717) is 47.2 Å². The highest BCUT2D eigenvalue weighted by atomic mass is 35.5. The van der Waals surface area contributed by atoms with E-state index in [2.05, 4.69) is 31.1 Å². The Morgan fingerprint density at radius 2 is 1.00 bits per heavy atom. The van der Waals surface area contributed by atoms with Crippen molar-refractivity contribution in [2.24, 2.45) is 20.5 Å². The lowest BCUT2D eigenvalue weighted by molar-refractivity contribution is -0.127. The van der Waals surface area contributed by atoms with E-state index in [1.54, 1.807) is 84.9 Å². The number of rotatable bonds is 15. The Labute approximate surface area is 298 Å². The molecule has 2 atom stereocenters. The molecule has 4 aromatic rings. The zero-order valence-corrected chi connectivity index (χ0v) is 29.2. The number of carbonyl (C=O) groups is 4. The maximum absolute atomic E-state index is 12.9. The second-order valence-electron chi connectivity index (χ2n) is 10.6. The van der Waals surface area contributed by atoms with Gasteiger partial charge < -0.3 is 20.1 Å². The number of nitrogens with one attached hydrogen (secondary N) is 2. The van der Waals surface area contributed by atoms with Crippen LogP contribution < -0.4 is 20.1 Å². The first-order chi connectivity index (χ1) is 24.0. The Balaban J connectivity index is 1.47. The molecule has 0 bridgehead atoms. The first-order valence-electron chi connectivity index (χ1n) is 15.5. The van der Waals surface area contributed by atoms with Gasteiger partial charge in [-0.3, -0.25) is 19.2 Å². The van der Waals surface area contributed by atoms with Gasteiger partial charge in [0.1, 0.15) is 22.9 Å². The highest BCUT2D eigenvalue weighted by molar-refractivity contribution is 6.34. The molecule has 0 spiro atoms. The number of hydrogen-bond acceptors (Lipinski definition) is 10. The summed E-state index contributed by atoms with van der Waals surface area (Å²) in [4.78, 5) is 50.5. The Morgan fingerprint density at radius 1 is 0.620 bits per heavy atom. The lowest BCUT2D eigenvalue weighted by Crippen LogP contribution is -2.32. The summed E-state index contributed by atoms with van der Waals surface area (Å²) in [5, 5.41) is 21.9. The summed E-state index contributed by atoms with van der Waals surface area (Å²) in [5.74, 6) is -1.45. The molecular weight excluding hydrogens is 683 g/mol. The van der Waals surface area contributed by atoms with Gasteiger partial charge in [0, 0.05) is 0 Å². The van der Waals surface area contributed by atoms with Crippen LogP contribution in [-0.2, 0) is 19.2 Å². The number of halogens is 2. The lowest BCUT2D eigenvalue weighted by atomic mass is 10.0. The average molecular weight is 718 g/mol. The second-order valence-corrected chi connectivity index (χ2v) is 11.4. The fourth-order valence-electron chi connectivity index (χ4n) is 4.52. The minimum Gasteiger partial charge on any atom is -0.492 e. The van der Waals surface area contributed by atoms with Crippen LogP contribution in [0.4, 0.5) is 22.7 Å². The average Bonchev–Trinajstić information content (AvgIpc) is 3.08. The molecule has 0 heterocycles. The third kappa shape index (κ3) is 9.80. The number of Topliss-reactive ketones (excluding diaryl/α,β-unsaturated/α-hetero) is 2. The topological polar surface area (TPSA) is 160 Å². The molecule has 0 aliphatic heterocycles. The number of carbonyl (C=O) groups excluding carboxylic acids is 4. The van der Waals surface area contributed by atoms with Gasteiger partial charge in [0.15, 0.2) is 11.6 Å². The van der Waals surface area contributed by atoms with Crippen LogP contribution in [0.3, 0.4) is 0 Å². The fourth-order valence-corrected chi connectivity index (χ4v) is 4.95. The van der Waals surface area contributed by atoms with Crippen LogP contribution in [0, 0.1) is 0 Å². The maximum atomic E-state index is 12.9. The molecule has 0 aliphatic carbocycles. The van der Waals surface area contributed by atoms with Gasteiger partial charge in [-0.15, -0.1) is 0 Å². The predicted molar refractivity (Wildman–Crippen MR) is 192 cm³/mol. The number of hydrogen-bond donors (Lipinski definition) is 2. The molecule has 14 heteroatoms. The van der Waals surface area contributed by atoms with Crippen LogP contribution in [-0.4, -0.2) is 48.7 Å². The Kier molecular flexibility index (Phi) is 13.3. The second kappa shape index (κ2) is 17.8. The molecule has 0 aromatic heterocycles. The number of amides is 2. The SMILES string of the molecule is CCOc1ccccc1NC(=O)C(N=Nc1ccc(-c2ccc(N=NC(C(C)=O)C(=O)Nc3ccccc3OCC)c(Cl)c2)cc1Cl)C(C)=O. The summed E-state index contributed by atoms with van der Waals surface area (Å²) in [6.07, 6.45) is 0. The van der Waals surface area contributed by atoms with Gasteiger partial charge in [-0.1, -0.05) is 59.6 Å². The molecule has 258 valence electrons. The van der Waals surface area contributed by atoms with E-state index in [-0.39, 0.29) is 21.4 Å². The summed E-state index contributed by atoms with van der Waals surface area (Å²) >= 11 is 13.0. The number of ketones is 2. The van der Waals surface area contributed by atoms with Gasteiger partial charge in [0.2, 0.25) is 12.1 Å². The van der Waals surface area contributed by atoms with Crippen molar-refractivity contribution in [2.45, 2.75) is 39.8 Å². The van der Waals surface area contributed by atoms with Crippen molar-refractivity contribution in [1.29, 1.82) is 0 Å². The largest absolute Gasteiger partial charge is 0.492 e. The van der Waals surface area contributed by atoms with E-state index in [4.69, 9.17) is 32.7 Å². The summed E-state index contributed by atoms with van der Waals surface area (Å²) in [7, 11) is 0. The van der Waals surface area contributed by atoms with Gasteiger partial charge in [-0.2, -0.15) is 20.5 Å². The van der Waals surface area contributed by atoms with Gasteiger partial charge in [0.25, 0.3) is 11.8 Å². The van der Waals surface area contributed by atoms with Crippen molar-refractivity contribution in [1.82, 2.24) is 0 Å². The Bertz CT molecular complexity index is 1810.